The van der Waals surface area contributed by atoms with Crippen molar-refractivity contribution in [3.8, 4) is 5.69 Å². The summed E-state index contributed by atoms with van der Waals surface area (Å²) in [7, 11) is 0. The second kappa shape index (κ2) is 7.54. The van der Waals surface area contributed by atoms with E-state index in [0.717, 1.165) is 22.6 Å². The minimum atomic E-state index is -0.136. The normalized spacial score (nSPS) is 15.7. The number of halogens is 1. The Morgan fingerprint density at radius 1 is 1.14 bits per heavy atom. The number of thiocarbonyl (C=S) groups is 1. The molecule has 3 aromatic rings. The topological polar surface area (TPSA) is 38.1 Å². The summed E-state index contributed by atoms with van der Waals surface area (Å²) >= 11 is 12.8. The molecule has 0 atom stereocenters. The molecule has 28 heavy (non-hydrogen) atoms. The molecule has 1 aliphatic heterocycles. The lowest BCUT2D eigenvalue weighted by atomic mass is 10.2. The highest BCUT2D eigenvalue weighted by Crippen LogP contribution is 2.37. The van der Waals surface area contributed by atoms with Crippen LogP contribution in [0.4, 0.5) is 5.69 Å². The average Bonchev–Trinajstić information content (AvgIpc) is 3.11. The van der Waals surface area contributed by atoms with Crippen molar-refractivity contribution in [2.45, 2.75) is 13.8 Å². The van der Waals surface area contributed by atoms with Gasteiger partial charge in [0, 0.05) is 22.6 Å². The molecular formula is C21H16ClN3OS2. The molecule has 0 aliphatic carbocycles. The van der Waals surface area contributed by atoms with Gasteiger partial charge in [-0.15, -0.1) is 0 Å². The molecular weight excluding hydrogens is 410 g/mol. The third-order valence-electron chi connectivity index (χ3n) is 4.52. The zero-order valence-corrected chi connectivity index (χ0v) is 17.6. The summed E-state index contributed by atoms with van der Waals surface area (Å²) < 4.78 is 2.62. The summed E-state index contributed by atoms with van der Waals surface area (Å²) in [6.45, 7) is 4.07. The molecule has 0 unspecified atom stereocenters. The lowest BCUT2D eigenvalue weighted by molar-refractivity contribution is -0.113. The van der Waals surface area contributed by atoms with E-state index in [4.69, 9.17) is 23.8 Å². The number of thioether (sulfide) groups is 1. The molecule has 0 bridgehead atoms. The molecule has 3 heterocycles. The highest BCUT2D eigenvalue weighted by atomic mass is 35.5. The number of aromatic nitrogens is 2. The SMILES string of the molecule is Cc1cc(/C=C2\SC(=S)N(c3cccc(Cl)c3)C2=O)c(C)n1-c1cccnc1. The van der Waals surface area contributed by atoms with E-state index in [2.05, 4.69) is 15.6 Å². The van der Waals surface area contributed by atoms with E-state index in [-0.39, 0.29) is 5.91 Å². The monoisotopic (exact) mass is 425 g/mol. The smallest absolute Gasteiger partial charge is 0.270 e. The summed E-state index contributed by atoms with van der Waals surface area (Å²) in [5.41, 5.74) is 4.76. The third-order valence-corrected chi connectivity index (χ3v) is 6.06. The molecule has 0 radical (unpaired) electrons. The van der Waals surface area contributed by atoms with Gasteiger partial charge in [-0.2, -0.15) is 0 Å². The number of amides is 1. The molecule has 4 rings (SSSR count). The molecule has 2 aromatic heterocycles. The van der Waals surface area contributed by atoms with Crippen LogP contribution < -0.4 is 4.90 Å². The third kappa shape index (κ3) is 3.39. The minimum absolute atomic E-state index is 0.136. The van der Waals surface area contributed by atoms with E-state index in [1.165, 1.54) is 16.7 Å². The summed E-state index contributed by atoms with van der Waals surface area (Å²) in [5.74, 6) is -0.136. The van der Waals surface area contributed by atoms with E-state index < -0.39 is 0 Å². The van der Waals surface area contributed by atoms with Crippen LogP contribution in [0.1, 0.15) is 17.0 Å². The zero-order chi connectivity index (χ0) is 19.8. The lowest BCUT2D eigenvalue weighted by Gasteiger charge is -2.14. The fourth-order valence-electron chi connectivity index (χ4n) is 3.26. The second-order valence-electron chi connectivity index (χ2n) is 6.37. The van der Waals surface area contributed by atoms with Gasteiger partial charge in [-0.25, -0.2) is 0 Å². The van der Waals surface area contributed by atoms with Crippen molar-refractivity contribution < 1.29 is 4.79 Å². The second-order valence-corrected chi connectivity index (χ2v) is 8.48. The summed E-state index contributed by atoms with van der Waals surface area (Å²) in [6.07, 6.45) is 5.47. The number of nitrogens with zero attached hydrogens (tertiary/aromatic N) is 3. The fraction of sp³-hybridized carbons (Fsp3) is 0.0952. The van der Waals surface area contributed by atoms with Gasteiger partial charge in [0.2, 0.25) is 0 Å². The minimum Gasteiger partial charge on any atom is -0.316 e. The number of hydrogen-bond donors (Lipinski definition) is 0. The molecule has 4 nitrogen and oxygen atoms in total. The molecule has 0 N–H and O–H groups in total. The van der Waals surface area contributed by atoms with Crippen LogP contribution >= 0.6 is 35.6 Å². The Hall–Kier alpha value is -2.41. The Morgan fingerprint density at radius 2 is 1.93 bits per heavy atom. The molecule has 140 valence electrons. The van der Waals surface area contributed by atoms with Gasteiger partial charge in [-0.1, -0.05) is 41.6 Å². The molecule has 1 saturated heterocycles. The molecule has 1 aliphatic rings. The number of aryl methyl sites for hydroxylation is 1. The number of rotatable bonds is 3. The Morgan fingerprint density at radius 3 is 2.64 bits per heavy atom. The van der Waals surface area contributed by atoms with Gasteiger partial charge in [0.1, 0.15) is 0 Å². The van der Waals surface area contributed by atoms with Crippen LogP contribution in [0, 0.1) is 13.8 Å². The van der Waals surface area contributed by atoms with Crippen molar-refractivity contribution in [1.82, 2.24) is 9.55 Å². The van der Waals surface area contributed by atoms with Gasteiger partial charge < -0.3 is 4.57 Å². The largest absolute Gasteiger partial charge is 0.316 e. The highest BCUT2D eigenvalue weighted by Gasteiger charge is 2.33. The summed E-state index contributed by atoms with van der Waals surface area (Å²) in [6, 6.07) is 13.1. The quantitative estimate of drug-likeness (QED) is 0.407. The van der Waals surface area contributed by atoms with Crippen molar-refractivity contribution in [1.29, 1.82) is 0 Å². The van der Waals surface area contributed by atoms with Gasteiger partial charge in [-0.3, -0.25) is 14.7 Å². The van der Waals surface area contributed by atoms with Crippen LogP contribution in [0.15, 0.2) is 59.8 Å². The average molecular weight is 426 g/mol. The van der Waals surface area contributed by atoms with Crippen LogP contribution in [0.2, 0.25) is 5.02 Å². The number of benzene rings is 1. The van der Waals surface area contributed by atoms with Crippen molar-refractivity contribution in [3.05, 3.63) is 81.7 Å². The molecule has 7 heteroatoms. The van der Waals surface area contributed by atoms with Crippen molar-refractivity contribution in [2.75, 3.05) is 4.90 Å². The van der Waals surface area contributed by atoms with Crippen molar-refractivity contribution in [3.63, 3.8) is 0 Å². The van der Waals surface area contributed by atoms with Gasteiger partial charge in [-0.05, 0) is 61.9 Å². The molecule has 0 spiro atoms. The first-order valence-electron chi connectivity index (χ1n) is 8.58. The van der Waals surface area contributed by atoms with E-state index in [1.54, 1.807) is 24.4 Å². The molecule has 1 fully saturated rings. The number of pyridine rings is 1. The Labute approximate surface area is 177 Å². The standard InChI is InChI=1S/C21H16ClN3OS2/c1-13-9-15(14(2)24(13)18-7-4-8-23-12-18)10-19-20(26)25(21(27)28-19)17-6-3-5-16(22)11-17/h3-12H,1-2H3/b19-10-. The van der Waals surface area contributed by atoms with Crippen LogP contribution in [0.25, 0.3) is 11.8 Å². The molecule has 0 saturated carbocycles. The van der Waals surface area contributed by atoms with Crippen molar-refractivity contribution in [2.24, 2.45) is 0 Å². The van der Waals surface area contributed by atoms with E-state index in [9.17, 15) is 4.79 Å². The number of carbonyl (C=O) groups excluding carboxylic acids is 1. The van der Waals surface area contributed by atoms with Gasteiger partial charge in [0.25, 0.3) is 5.91 Å². The van der Waals surface area contributed by atoms with Crippen LogP contribution in [0.5, 0.6) is 0 Å². The lowest BCUT2D eigenvalue weighted by Crippen LogP contribution is -2.27. The van der Waals surface area contributed by atoms with E-state index >= 15 is 0 Å². The highest BCUT2D eigenvalue weighted by molar-refractivity contribution is 8.27. The van der Waals surface area contributed by atoms with Gasteiger partial charge in [0.15, 0.2) is 4.32 Å². The van der Waals surface area contributed by atoms with Crippen LogP contribution in [0.3, 0.4) is 0 Å². The Balaban J connectivity index is 1.71. The first kappa shape index (κ1) is 18.9. The fourth-order valence-corrected chi connectivity index (χ4v) is 4.74. The first-order valence-corrected chi connectivity index (χ1v) is 10.2. The van der Waals surface area contributed by atoms with Crippen LogP contribution in [-0.2, 0) is 4.79 Å². The van der Waals surface area contributed by atoms with E-state index in [1.807, 2.05) is 44.3 Å². The first-order chi connectivity index (χ1) is 13.5. The number of carbonyl (C=O) groups is 1. The summed E-state index contributed by atoms with van der Waals surface area (Å²) in [4.78, 5) is 19.3. The number of hydrogen-bond acceptors (Lipinski definition) is 4. The van der Waals surface area contributed by atoms with Crippen molar-refractivity contribution >= 4 is 57.6 Å². The summed E-state index contributed by atoms with van der Waals surface area (Å²) in [5, 5.41) is 0.565. The van der Waals surface area contributed by atoms with Gasteiger partial charge in [0.05, 0.1) is 22.5 Å². The van der Waals surface area contributed by atoms with Crippen LogP contribution in [-0.4, -0.2) is 19.8 Å². The maximum absolute atomic E-state index is 13.0. The van der Waals surface area contributed by atoms with E-state index in [0.29, 0.717) is 19.9 Å². The Bertz CT molecular complexity index is 1120. The Kier molecular flexibility index (Phi) is 5.10. The maximum atomic E-state index is 13.0. The molecule has 1 aromatic carbocycles. The van der Waals surface area contributed by atoms with Gasteiger partial charge >= 0.3 is 0 Å². The maximum Gasteiger partial charge on any atom is 0.270 e. The number of anilines is 1. The predicted octanol–water partition coefficient (Wildman–Crippen LogP) is 5.55. The predicted molar refractivity (Wildman–Crippen MR) is 120 cm³/mol. The zero-order valence-electron chi connectivity index (χ0n) is 15.2. The molecule has 1 amide bonds.